The van der Waals surface area contributed by atoms with E-state index in [4.69, 9.17) is 5.73 Å². The first-order valence-corrected chi connectivity index (χ1v) is 8.32. The molecule has 3 N–H and O–H groups in total. The molecule has 5 nitrogen and oxygen atoms in total. The van der Waals surface area contributed by atoms with E-state index in [0.717, 1.165) is 11.3 Å². The molecule has 0 spiro atoms. The number of nitrogen functional groups attached to an aromatic ring is 1. The van der Waals surface area contributed by atoms with Crippen LogP contribution >= 0.6 is 11.3 Å². The molecular weight excluding hydrogens is 339 g/mol. The maximum Gasteiger partial charge on any atom is 0.203 e. The summed E-state index contributed by atoms with van der Waals surface area (Å²) in [4.78, 5) is 15.7. The quantitative estimate of drug-likeness (QED) is 0.312. The molecule has 3 rings (SSSR count). The number of carbonyl (C=O) groups excluding carboxylic acids is 1. The van der Waals surface area contributed by atoms with Gasteiger partial charge in [-0.25, -0.2) is 9.37 Å². The number of carbonyl (C=O) groups is 1. The van der Waals surface area contributed by atoms with Crippen LogP contribution in [0.3, 0.4) is 0 Å². The Morgan fingerprint density at radius 3 is 2.72 bits per heavy atom. The fraction of sp³-hybridized carbons (Fsp3) is 0.0556. The van der Waals surface area contributed by atoms with Crippen molar-refractivity contribution in [3.8, 4) is 11.3 Å². The largest absolute Gasteiger partial charge is 0.398 e. The first-order chi connectivity index (χ1) is 12.0. The number of ketones is 1. The van der Waals surface area contributed by atoms with Crippen LogP contribution in [-0.4, -0.2) is 17.0 Å². The third kappa shape index (κ3) is 4.07. The van der Waals surface area contributed by atoms with Gasteiger partial charge in [-0.3, -0.25) is 10.2 Å². The highest BCUT2D eigenvalue weighted by atomic mass is 32.1. The van der Waals surface area contributed by atoms with E-state index in [1.54, 1.807) is 36.5 Å². The highest BCUT2D eigenvalue weighted by Gasteiger charge is 2.05. The average molecular weight is 354 g/mol. The number of hydrazone groups is 1. The molecule has 0 atom stereocenters. The number of aromatic nitrogens is 1. The summed E-state index contributed by atoms with van der Waals surface area (Å²) in [5.74, 6) is -0.320. The van der Waals surface area contributed by atoms with Crippen molar-refractivity contribution in [3.63, 3.8) is 0 Å². The number of hydrogen-bond acceptors (Lipinski definition) is 6. The molecular formula is C18H15FN4OS. The number of thiazole rings is 1. The van der Waals surface area contributed by atoms with Gasteiger partial charge in [0.05, 0.1) is 11.9 Å². The van der Waals surface area contributed by atoms with Crippen molar-refractivity contribution in [2.24, 2.45) is 5.10 Å². The maximum absolute atomic E-state index is 13.0. The molecule has 0 saturated carbocycles. The van der Waals surface area contributed by atoms with Gasteiger partial charge in [0.1, 0.15) is 5.82 Å². The summed E-state index contributed by atoms with van der Waals surface area (Å²) >= 11 is 1.39. The summed E-state index contributed by atoms with van der Waals surface area (Å²) in [5.41, 5.74) is 12.1. The van der Waals surface area contributed by atoms with Crippen LogP contribution in [0.4, 0.5) is 15.2 Å². The van der Waals surface area contributed by atoms with Crippen molar-refractivity contribution in [3.05, 3.63) is 64.8 Å². The second-order valence-electron chi connectivity index (χ2n) is 5.31. The van der Waals surface area contributed by atoms with Gasteiger partial charge < -0.3 is 5.73 Å². The monoisotopic (exact) mass is 354 g/mol. The number of anilines is 2. The van der Waals surface area contributed by atoms with Gasteiger partial charge in [0.15, 0.2) is 5.78 Å². The number of nitrogens with two attached hydrogens (primary N) is 1. The van der Waals surface area contributed by atoms with Crippen molar-refractivity contribution in [1.82, 2.24) is 4.98 Å². The van der Waals surface area contributed by atoms with Crippen molar-refractivity contribution in [1.29, 1.82) is 0 Å². The number of benzene rings is 2. The van der Waals surface area contributed by atoms with Crippen LogP contribution in [-0.2, 0) is 0 Å². The SMILES string of the molecule is CC(=O)c1ccc(/C=N\Nc2nc(-c3ccc(F)cc3)cs2)c(N)c1. The smallest absolute Gasteiger partial charge is 0.203 e. The molecule has 0 unspecified atom stereocenters. The molecule has 7 heteroatoms. The Morgan fingerprint density at radius 2 is 2.04 bits per heavy atom. The molecule has 1 aromatic heterocycles. The van der Waals surface area contributed by atoms with E-state index in [2.05, 4.69) is 15.5 Å². The topological polar surface area (TPSA) is 80.4 Å². The van der Waals surface area contributed by atoms with Crippen LogP contribution in [0.25, 0.3) is 11.3 Å². The predicted octanol–water partition coefficient (Wildman–Crippen LogP) is 4.18. The Balaban J connectivity index is 1.69. The fourth-order valence-corrected chi connectivity index (χ4v) is 2.82. The molecule has 0 fully saturated rings. The minimum absolute atomic E-state index is 0.0376. The fourth-order valence-electron chi connectivity index (χ4n) is 2.15. The zero-order valence-corrected chi connectivity index (χ0v) is 14.2. The minimum Gasteiger partial charge on any atom is -0.398 e. The summed E-state index contributed by atoms with van der Waals surface area (Å²) < 4.78 is 13.0. The van der Waals surface area contributed by atoms with E-state index >= 15 is 0 Å². The van der Waals surface area contributed by atoms with Crippen LogP contribution in [0.2, 0.25) is 0 Å². The van der Waals surface area contributed by atoms with Gasteiger partial charge in [-0.1, -0.05) is 12.1 Å². The lowest BCUT2D eigenvalue weighted by atomic mass is 10.1. The van der Waals surface area contributed by atoms with Crippen LogP contribution in [0.15, 0.2) is 52.9 Å². The lowest BCUT2D eigenvalue weighted by Crippen LogP contribution is -1.99. The lowest BCUT2D eigenvalue weighted by molar-refractivity contribution is 0.101. The first-order valence-electron chi connectivity index (χ1n) is 7.44. The molecule has 3 aromatic rings. The van der Waals surface area contributed by atoms with E-state index in [1.165, 1.54) is 30.4 Å². The Hall–Kier alpha value is -3.06. The number of halogens is 1. The molecule has 0 bridgehead atoms. The summed E-state index contributed by atoms with van der Waals surface area (Å²) in [7, 11) is 0. The molecule has 2 aromatic carbocycles. The molecule has 0 saturated heterocycles. The van der Waals surface area contributed by atoms with E-state index in [9.17, 15) is 9.18 Å². The van der Waals surface area contributed by atoms with E-state index in [-0.39, 0.29) is 11.6 Å². The molecule has 0 aliphatic heterocycles. The standard InChI is InChI=1S/C18H15FN4OS/c1-11(24)13-2-3-14(16(20)8-13)9-21-23-18-22-17(10-25-18)12-4-6-15(19)7-5-12/h2-10H,20H2,1H3,(H,22,23)/b21-9-. The van der Waals surface area contributed by atoms with Gasteiger partial charge in [0, 0.05) is 27.8 Å². The summed E-state index contributed by atoms with van der Waals surface area (Å²) in [6.07, 6.45) is 1.57. The number of rotatable bonds is 5. The van der Waals surface area contributed by atoms with E-state index < -0.39 is 0 Å². The van der Waals surface area contributed by atoms with E-state index in [0.29, 0.717) is 21.9 Å². The van der Waals surface area contributed by atoms with Gasteiger partial charge in [0.25, 0.3) is 0 Å². The van der Waals surface area contributed by atoms with E-state index in [1.807, 2.05) is 5.38 Å². The zero-order valence-electron chi connectivity index (χ0n) is 13.4. The molecule has 0 aliphatic carbocycles. The van der Waals surface area contributed by atoms with Gasteiger partial charge in [0.2, 0.25) is 5.13 Å². The Labute approximate surface area is 148 Å². The Bertz CT molecular complexity index is 935. The summed E-state index contributed by atoms with van der Waals surface area (Å²) in [5, 5.41) is 6.58. The molecule has 126 valence electrons. The maximum atomic E-state index is 13.0. The summed E-state index contributed by atoms with van der Waals surface area (Å²) in [6, 6.07) is 11.2. The van der Waals surface area contributed by atoms with Crippen molar-refractivity contribution < 1.29 is 9.18 Å². The van der Waals surface area contributed by atoms with Gasteiger partial charge >= 0.3 is 0 Å². The van der Waals surface area contributed by atoms with Crippen LogP contribution < -0.4 is 11.2 Å². The van der Waals surface area contributed by atoms with Crippen LogP contribution in [0.5, 0.6) is 0 Å². The highest BCUT2D eigenvalue weighted by Crippen LogP contribution is 2.25. The summed E-state index contributed by atoms with van der Waals surface area (Å²) in [6.45, 7) is 1.49. The third-order valence-corrected chi connectivity index (χ3v) is 4.25. The normalized spacial score (nSPS) is 11.0. The highest BCUT2D eigenvalue weighted by molar-refractivity contribution is 7.14. The Kier molecular flexibility index (Phi) is 4.85. The van der Waals surface area contributed by atoms with Gasteiger partial charge in [-0.2, -0.15) is 5.10 Å². The van der Waals surface area contributed by atoms with Crippen LogP contribution in [0.1, 0.15) is 22.8 Å². The number of nitrogens with zero attached hydrogens (tertiary/aromatic N) is 2. The lowest BCUT2D eigenvalue weighted by Gasteiger charge is -2.02. The minimum atomic E-state index is -0.282. The van der Waals surface area contributed by atoms with Crippen molar-refractivity contribution in [2.45, 2.75) is 6.92 Å². The average Bonchev–Trinajstić information content (AvgIpc) is 3.05. The Morgan fingerprint density at radius 1 is 1.28 bits per heavy atom. The molecule has 0 aliphatic rings. The molecule has 0 radical (unpaired) electrons. The van der Waals surface area contributed by atoms with Crippen molar-refractivity contribution in [2.75, 3.05) is 11.2 Å². The number of hydrogen-bond donors (Lipinski definition) is 2. The number of Topliss-reactive ketones (excluding diaryl/α,β-unsaturated/α-hetero) is 1. The second kappa shape index (κ2) is 7.23. The van der Waals surface area contributed by atoms with Gasteiger partial charge in [-0.15, -0.1) is 11.3 Å². The third-order valence-electron chi connectivity index (χ3n) is 3.50. The molecule has 1 heterocycles. The molecule has 25 heavy (non-hydrogen) atoms. The molecule has 0 amide bonds. The zero-order chi connectivity index (χ0) is 17.8. The van der Waals surface area contributed by atoms with Gasteiger partial charge in [-0.05, 0) is 37.3 Å². The number of nitrogens with one attached hydrogen (secondary N) is 1. The predicted molar refractivity (Wildman–Crippen MR) is 99.6 cm³/mol. The van der Waals surface area contributed by atoms with Crippen molar-refractivity contribution >= 4 is 34.2 Å². The van der Waals surface area contributed by atoms with Crippen LogP contribution in [0, 0.1) is 5.82 Å². The first kappa shape index (κ1) is 16.8. The second-order valence-corrected chi connectivity index (χ2v) is 6.17.